The highest BCUT2D eigenvalue weighted by Gasteiger charge is 2.63. The predicted octanol–water partition coefficient (Wildman–Crippen LogP) is 1.86. The molecule has 2 fully saturated rings. The molecule has 9 heteroatoms. The van der Waals surface area contributed by atoms with Gasteiger partial charge in [0.1, 0.15) is 11.4 Å². The largest absolute Gasteiger partial charge is 0.502 e. The van der Waals surface area contributed by atoms with Gasteiger partial charge in [0.05, 0.1) is 5.56 Å². The summed E-state index contributed by atoms with van der Waals surface area (Å²) in [6, 6.07) is 3.38. The van der Waals surface area contributed by atoms with Crippen LogP contribution in [0.15, 0.2) is 23.0 Å². The molecule has 2 N–H and O–H groups in total. The molecule has 0 bridgehead atoms. The molecule has 7 nitrogen and oxygen atoms in total. The van der Waals surface area contributed by atoms with Crippen molar-refractivity contribution in [2.24, 2.45) is 11.8 Å². The molecule has 2 unspecified atom stereocenters. The Morgan fingerprint density at radius 3 is 2.68 bits per heavy atom. The van der Waals surface area contributed by atoms with Crippen molar-refractivity contribution < 1.29 is 23.5 Å². The standard InChI is InChI=1S/C22H19F2N3O4/c23-14-2-1-10(7-15(14)24)9-26-6-4-12-16(20(26)30)18(28)21(31)27-17(12)19(29)25-22(27)5-3-11-8-13(11)22/h1-2,7,11,13,28H,3-6,8-9H2,(H,25,29)/t11?,13-,22?/m1/s1. The van der Waals surface area contributed by atoms with Crippen molar-refractivity contribution in [1.82, 2.24) is 14.8 Å². The van der Waals surface area contributed by atoms with Gasteiger partial charge in [0, 0.05) is 24.6 Å². The maximum Gasteiger partial charge on any atom is 0.296 e. The third-order valence-electron chi connectivity index (χ3n) is 7.32. The zero-order chi connectivity index (χ0) is 21.7. The molecule has 6 rings (SSSR count). The van der Waals surface area contributed by atoms with Crippen LogP contribution in [0.1, 0.15) is 51.2 Å². The first kappa shape index (κ1) is 18.5. The Balaban J connectivity index is 1.43. The van der Waals surface area contributed by atoms with Crippen molar-refractivity contribution in [1.29, 1.82) is 0 Å². The van der Waals surface area contributed by atoms with Crippen molar-refractivity contribution >= 4 is 11.8 Å². The summed E-state index contributed by atoms with van der Waals surface area (Å²) < 4.78 is 28.2. The van der Waals surface area contributed by atoms with Gasteiger partial charge in [-0.15, -0.1) is 0 Å². The number of nitrogens with one attached hydrogen (secondary N) is 1. The number of amides is 2. The number of aromatic nitrogens is 1. The van der Waals surface area contributed by atoms with Crippen molar-refractivity contribution in [2.75, 3.05) is 6.54 Å². The van der Waals surface area contributed by atoms with E-state index in [2.05, 4.69) is 5.32 Å². The fourth-order valence-corrected chi connectivity index (χ4v) is 5.81. The van der Waals surface area contributed by atoms with Crippen LogP contribution in [0.5, 0.6) is 5.75 Å². The second-order valence-electron chi connectivity index (χ2n) is 8.94. The Morgan fingerprint density at radius 1 is 1.19 bits per heavy atom. The van der Waals surface area contributed by atoms with E-state index in [9.17, 15) is 28.3 Å². The maximum atomic E-state index is 13.6. The molecule has 0 saturated heterocycles. The average Bonchev–Trinajstić information content (AvgIpc) is 3.37. The highest BCUT2D eigenvalue weighted by molar-refractivity contribution is 6.05. The normalized spacial score (nSPS) is 27.9. The SMILES string of the molecule is O=C1NC2(CCC3C[C@H]32)n2c1c1c(c(O)c2=O)C(=O)N(Cc2ccc(F)c(F)c2)CC1. The van der Waals surface area contributed by atoms with Gasteiger partial charge in [0.15, 0.2) is 17.4 Å². The number of rotatable bonds is 2. The smallest absolute Gasteiger partial charge is 0.296 e. The summed E-state index contributed by atoms with van der Waals surface area (Å²) in [6.07, 6.45) is 2.75. The van der Waals surface area contributed by atoms with Crippen molar-refractivity contribution in [2.45, 2.75) is 37.9 Å². The van der Waals surface area contributed by atoms with Crippen LogP contribution in [-0.2, 0) is 18.6 Å². The Morgan fingerprint density at radius 2 is 2.00 bits per heavy atom. The lowest BCUT2D eigenvalue weighted by Gasteiger charge is -2.32. The molecule has 1 aromatic carbocycles. The highest BCUT2D eigenvalue weighted by atomic mass is 19.2. The van der Waals surface area contributed by atoms with Crippen LogP contribution < -0.4 is 10.9 Å². The summed E-state index contributed by atoms with van der Waals surface area (Å²) in [5.41, 5.74) is -0.763. The molecule has 4 aliphatic rings. The molecule has 160 valence electrons. The van der Waals surface area contributed by atoms with Crippen LogP contribution >= 0.6 is 0 Å². The van der Waals surface area contributed by atoms with Gasteiger partial charge in [-0.1, -0.05) is 6.07 Å². The fraction of sp³-hybridized carbons (Fsp3) is 0.409. The lowest BCUT2D eigenvalue weighted by Crippen LogP contribution is -2.48. The van der Waals surface area contributed by atoms with Crippen LogP contribution in [-0.4, -0.2) is 32.9 Å². The second-order valence-corrected chi connectivity index (χ2v) is 8.94. The van der Waals surface area contributed by atoms with E-state index in [1.807, 2.05) is 0 Å². The molecule has 1 spiro atoms. The van der Waals surface area contributed by atoms with Gasteiger partial charge < -0.3 is 15.3 Å². The first-order valence-electron chi connectivity index (χ1n) is 10.4. The summed E-state index contributed by atoms with van der Waals surface area (Å²) >= 11 is 0. The lowest BCUT2D eigenvalue weighted by molar-refractivity contribution is 0.0721. The van der Waals surface area contributed by atoms with Crippen LogP contribution in [0.25, 0.3) is 0 Å². The number of nitrogens with zero attached hydrogens (tertiary/aromatic N) is 2. The first-order chi connectivity index (χ1) is 14.8. The van der Waals surface area contributed by atoms with Gasteiger partial charge in [-0.05, 0) is 49.3 Å². The van der Waals surface area contributed by atoms with Gasteiger partial charge in [0.25, 0.3) is 17.4 Å². The third-order valence-corrected chi connectivity index (χ3v) is 7.32. The van der Waals surface area contributed by atoms with E-state index in [1.165, 1.54) is 15.5 Å². The van der Waals surface area contributed by atoms with E-state index in [4.69, 9.17) is 0 Å². The summed E-state index contributed by atoms with van der Waals surface area (Å²) in [5, 5.41) is 13.7. The zero-order valence-corrected chi connectivity index (χ0v) is 16.5. The summed E-state index contributed by atoms with van der Waals surface area (Å²) in [5.74, 6) is -2.99. The van der Waals surface area contributed by atoms with Gasteiger partial charge in [-0.25, -0.2) is 8.78 Å². The van der Waals surface area contributed by atoms with Crippen LogP contribution in [0, 0.1) is 23.5 Å². The number of hydrogen-bond donors (Lipinski definition) is 2. The number of aromatic hydroxyl groups is 1. The van der Waals surface area contributed by atoms with Crippen LogP contribution in [0.4, 0.5) is 8.78 Å². The molecule has 1 aromatic heterocycles. The monoisotopic (exact) mass is 427 g/mol. The number of halogens is 2. The number of pyridine rings is 1. The molecular formula is C22H19F2N3O4. The van der Waals surface area contributed by atoms with Crippen LogP contribution in [0.3, 0.4) is 0 Å². The number of carbonyl (C=O) groups is 2. The minimum absolute atomic E-state index is 0.00673. The first-order valence-corrected chi connectivity index (χ1v) is 10.4. The summed E-state index contributed by atoms with van der Waals surface area (Å²) in [6.45, 7) is 0.217. The topological polar surface area (TPSA) is 91.6 Å². The third kappa shape index (κ3) is 2.34. The van der Waals surface area contributed by atoms with E-state index in [-0.39, 0.29) is 42.6 Å². The molecule has 3 atom stereocenters. The molecule has 2 saturated carbocycles. The van der Waals surface area contributed by atoms with Gasteiger partial charge in [-0.3, -0.25) is 19.0 Å². The van der Waals surface area contributed by atoms with Gasteiger partial charge in [0.2, 0.25) is 0 Å². The predicted molar refractivity (Wildman–Crippen MR) is 103 cm³/mol. The average molecular weight is 427 g/mol. The molecule has 0 radical (unpaired) electrons. The molecular weight excluding hydrogens is 408 g/mol. The Bertz CT molecular complexity index is 1260. The lowest BCUT2D eigenvalue weighted by atomic mass is 9.95. The minimum atomic E-state index is -1.02. The molecule has 2 aliphatic carbocycles. The maximum absolute atomic E-state index is 13.6. The zero-order valence-electron chi connectivity index (χ0n) is 16.5. The Labute approximate surface area is 175 Å². The molecule has 31 heavy (non-hydrogen) atoms. The van der Waals surface area contributed by atoms with Crippen molar-refractivity contribution in [3.05, 3.63) is 62.6 Å². The van der Waals surface area contributed by atoms with Crippen molar-refractivity contribution in [3.63, 3.8) is 0 Å². The summed E-state index contributed by atoms with van der Waals surface area (Å²) in [7, 11) is 0. The van der Waals surface area contributed by atoms with E-state index < -0.39 is 34.5 Å². The minimum Gasteiger partial charge on any atom is -0.502 e. The van der Waals surface area contributed by atoms with Crippen molar-refractivity contribution in [3.8, 4) is 5.75 Å². The second kappa shape index (κ2) is 5.93. The number of hydrogen-bond acceptors (Lipinski definition) is 4. The number of carbonyl (C=O) groups excluding carboxylic acids is 2. The molecule has 2 aromatic rings. The van der Waals surface area contributed by atoms with E-state index in [0.29, 0.717) is 23.5 Å². The van der Waals surface area contributed by atoms with E-state index in [0.717, 1.165) is 25.0 Å². The van der Waals surface area contributed by atoms with Gasteiger partial charge >= 0.3 is 0 Å². The molecule has 3 heterocycles. The highest BCUT2D eigenvalue weighted by Crippen LogP contribution is 2.61. The van der Waals surface area contributed by atoms with Crippen LogP contribution in [0.2, 0.25) is 0 Å². The Hall–Kier alpha value is -3.23. The fourth-order valence-electron chi connectivity index (χ4n) is 5.81. The van der Waals surface area contributed by atoms with E-state index in [1.54, 1.807) is 0 Å². The summed E-state index contributed by atoms with van der Waals surface area (Å²) in [4.78, 5) is 40.6. The number of fused-ring (bicyclic) bond motifs is 6. The number of benzene rings is 1. The quantitative estimate of drug-likeness (QED) is 0.766. The molecule has 2 amide bonds. The van der Waals surface area contributed by atoms with E-state index >= 15 is 0 Å². The molecule has 2 aliphatic heterocycles. The Kier molecular flexibility index (Phi) is 3.54. The van der Waals surface area contributed by atoms with Gasteiger partial charge in [-0.2, -0.15) is 0 Å².